The van der Waals surface area contributed by atoms with E-state index in [4.69, 9.17) is 4.42 Å². The van der Waals surface area contributed by atoms with Crippen molar-refractivity contribution in [2.75, 3.05) is 13.1 Å². The zero-order valence-corrected chi connectivity index (χ0v) is 16.4. The molecule has 1 fully saturated rings. The van der Waals surface area contributed by atoms with Gasteiger partial charge in [-0.3, -0.25) is 4.79 Å². The molecular formula is C23H25N3O2. The smallest absolute Gasteiger partial charge is 0.253 e. The molecule has 4 rings (SSSR count). The fraction of sp³-hybridized carbons (Fsp3) is 0.348. The molecule has 5 heteroatoms. The van der Waals surface area contributed by atoms with Crippen LogP contribution in [0.15, 0.2) is 52.9 Å². The molecule has 1 aromatic heterocycles. The molecular weight excluding hydrogens is 350 g/mol. The van der Waals surface area contributed by atoms with Crippen LogP contribution >= 0.6 is 0 Å². The van der Waals surface area contributed by atoms with Crippen LogP contribution in [0.25, 0.3) is 22.9 Å². The fourth-order valence-electron chi connectivity index (χ4n) is 3.33. The van der Waals surface area contributed by atoms with Gasteiger partial charge in [0.2, 0.25) is 11.8 Å². The lowest BCUT2D eigenvalue weighted by Gasteiger charge is -2.22. The summed E-state index contributed by atoms with van der Waals surface area (Å²) in [5, 5.41) is 8.33. The van der Waals surface area contributed by atoms with Crippen molar-refractivity contribution >= 4 is 5.91 Å². The average molecular weight is 375 g/mol. The van der Waals surface area contributed by atoms with E-state index in [9.17, 15) is 4.79 Å². The number of hydrogen-bond acceptors (Lipinski definition) is 4. The largest absolute Gasteiger partial charge is 0.416 e. The molecule has 3 aromatic rings. The van der Waals surface area contributed by atoms with Crippen molar-refractivity contribution in [1.82, 2.24) is 15.1 Å². The van der Waals surface area contributed by atoms with Gasteiger partial charge in [-0.15, -0.1) is 10.2 Å². The topological polar surface area (TPSA) is 59.2 Å². The molecule has 1 heterocycles. The van der Waals surface area contributed by atoms with Crippen LogP contribution in [0.4, 0.5) is 0 Å². The predicted octanol–water partition coefficient (Wildman–Crippen LogP) is 4.97. The third-order valence-electron chi connectivity index (χ3n) is 5.03. The van der Waals surface area contributed by atoms with Crippen molar-refractivity contribution in [3.63, 3.8) is 0 Å². The van der Waals surface area contributed by atoms with Crippen molar-refractivity contribution in [3.8, 4) is 22.9 Å². The maximum absolute atomic E-state index is 12.8. The second kappa shape index (κ2) is 7.97. The minimum absolute atomic E-state index is 0.103. The Labute approximate surface area is 165 Å². The van der Waals surface area contributed by atoms with Crippen LogP contribution in [0.5, 0.6) is 0 Å². The molecule has 0 N–H and O–H groups in total. The van der Waals surface area contributed by atoms with Crippen molar-refractivity contribution < 1.29 is 9.21 Å². The van der Waals surface area contributed by atoms with Gasteiger partial charge in [0.15, 0.2) is 0 Å². The van der Waals surface area contributed by atoms with Crippen LogP contribution in [0, 0.1) is 12.8 Å². The number of nitrogens with zero attached hydrogens (tertiary/aromatic N) is 3. The van der Waals surface area contributed by atoms with Crippen LogP contribution in [0.1, 0.15) is 42.1 Å². The monoisotopic (exact) mass is 375 g/mol. The van der Waals surface area contributed by atoms with Crippen molar-refractivity contribution in [3.05, 3.63) is 59.7 Å². The quantitative estimate of drug-likeness (QED) is 0.585. The number of rotatable bonds is 7. The molecule has 0 unspecified atom stereocenters. The zero-order chi connectivity index (χ0) is 19.5. The molecule has 28 heavy (non-hydrogen) atoms. The molecule has 0 bridgehead atoms. The number of carbonyl (C=O) groups is 1. The first-order chi connectivity index (χ1) is 13.6. The van der Waals surface area contributed by atoms with Gasteiger partial charge >= 0.3 is 0 Å². The lowest BCUT2D eigenvalue weighted by Crippen LogP contribution is -2.33. The molecule has 0 radical (unpaired) electrons. The summed E-state index contributed by atoms with van der Waals surface area (Å²) in [5.41, 5.74) is 3.56. The summed E-state index contributed by atoms with van der Waals surface area (Å²) >= 11 is 0. The van der Waals surface area contributed by atoms with Gasteiger partial charge in [0.1, 0.15) is 0 Å². The Kier molecular flexibility index (Phi) is 5.24. The van der Waals surface area contributed by atoms with Gasteiger partial charge in [-0.1, -0.05) is 24.6 Å². The molecule has 1 aliphatic carbocycles. The summed E-state index contributed by atoms with van der Waals surface area (Å²) in [6.45, 7) is 5.82. The van der Waals surface area contributed by atoms with Gasteiger partial charge < -0.3 is 9.32 Å². The molecule has 1 aliphatic rings. The first-order valence-electron chi connectivity index (χ1n) is 9.94. The van der Waals surface area contributed by atoms with Crippen molar-refractivity contribution in [2.24, 2.45) is 5.92 Å². The SMILES string of the molecule is CCCN(CC1CC1)C(=O)c1ccc(-c2nnc(-c3cccc(C)c3)o2)cc1. The molecule has 144 valence electrons. The van der Waals surface area contributed by atoms with E-state index in [0.717, 1.165) is 36.2 Å². The van der Waals surface area contributed by atoms with E-state index in [1.165, 1.54) is 12.8 Å². The van der Waals surface area contributed by atoms with E-state index in [0.29, 0.717) is 23.3 Å². The average Bonchev–Trinajstić information content (AvgIpc) is 3.39. The van der Waals surface area contributed by atoms with E-state index in [-0.39, 0.29) is 5.91 Å². The molecule has 1 saturated carbocycles. The second-order valence-electron chi connectivity index (χ2n) is 7.55. The normalized spacial score (nSPS) is 13.5. The van der Waals surface area contributed by atoms with E-state index in [1.807, 2.05) is 60.4 Å². The van der Waals surface area contributed by atoms with Gasteiger partial charge in [-0.25, -0.2) is 0 Å². The third kappa shape index (κ3) is 4.14. The molecule has 0 spiro atoms. The van der Waals surface area contributed by atoms with Gasteiger partial charge in [0, 0.05) is 29.8 Å². The molecule has 1 amide bonds. The Morgan fingerprint density at radius 3 is 2.43 bits per heavy atom. The summed E-state index contributed by atoms with van der Waals surface area (Å²) in [7, 11) is 0. The summed E-state index contributed by atoms with van der Waals surface area (Å²) in [6, 6.07) is 15.4. The summed E-state index contributed by atoms with van der Waals surface area (Å²) in [4.78, 5) is 14.8. The highest BCUT2D eigenvalue weighted by molar-refractivity contribution is 5.94. The molecule has 0 aliphatic heterocycles. The zero-order valence-electron chi connectivity index (χ0n) is 16.4. The van der Waals surface area contributed by atoms with E-state index < -0.39 is 0 Å². The predicted molar refractivity (Wildman–Crippen MR) is 109 cm³/mol. The number of amides is 1. The van der Waals surface area contributed by atoms with E-state index >= 15 is 0 Å². The van der Waals surface area contributed by atoms with Crippen LogP contribution in [-0.2, 0) is 0 Å². The highest BCUT2D eigenvalue weighted by Gasteiger charge is 2.26. The summed E-state index contributed by atoms with van der Waals surface area (Å²) in [6.07, 6.45) is 3.46. The summed E-state index contributed by atoms with van der Waals surface area (Å²) < 4.78 is 5.84. The number of aryl methyl sites for hydroxylation is 1. The van der Waals surface area contributed by atoms with Crippen molar-refractivity contribution in [1.29, 1.82) is 0 Å². The van der Waals surface area contributed by atoms with Crippen LogP contribution in [-0.4, -0.2) is 34.1 Å². The third-order valence-corrected chi connectivity index (χ3v) is 5.03. The molecule has 5 nitrogen and oxygen atoms in total. The standard InChI is InChI=1S/C23H25N3O2/c1-3-13-26(15-17-7-8-17)23(27)19-11-9-18(10-12-19)21-24-25-22(28-21)20-6-4-5-16(2)14-20/h4-6,9-12,14,17H,3,7-8,13,15H2,1-2H3. The highest BCUT2D eigenvalue weighted by atomic mass is 16.4. The summed E-state index contributed by atoms with van der Waals surface area (Å²) in [5.74, 6) is 1.75. The number of benzene rings is 2. The maximum atomic E-state index is 12.8. The highest BCUT2D eigenvalue weighted by Crippen LogP contribution is 2.30. The Hall–Kier alpha value is -2.95. The van der Waals surface area contributed by atoms with Gasteiger partial charge in [0.05, 0.1) is 0 Å². The fourth-order valence-corrected chi connectivity index (χ4v) is 3.33. The first-order valence-corrected chi connectivity index (χ1v) is 9.94. The van der Waals surface area contributed by atoms with Crippen LogP contribution in [0.2, 0.25) is 0 Å². The van der Waals surface area contributed by atoms with Crippen LogP contribution in [0.3, 0.4) is 0 Å². The van der Waals surface area contributed by atoms with Crippen molar-refractivity contribution in [2.45, 2.75) is 33.1 Å². The maximum Gasteiger partial charge on any atom is 0.253 e. The Balaban J connectivity index is 1.50. The van der Waals surface area contributed by atoms with Crippen LogP contribution < -0.4 is 0 Å². The lowest BCUT2D eigenvalue weighted by atomic mass is 10.1. The Morgan fingerprint density at radius 2 is 1.79 bits per heavy atom. The molecule has 0 saturated heterocycles. The minimum atomic E-state index is 0.103. The first kappa shape index (κ1) is 18.4. The number of hydrogen-bond donors (Lipinski definition) is 0. The number of carbonyl (C=O) groups excluding carboxylic acids is 1. The van der Waals surface area contributed by atoms with Gasteiger partial charge in [-0.05, 0) is 68.5 Å². The second-order valence-corrected chi connectivity index (χ2v) is 7.55. The molecule has 0 atom stereocenters. The number of aromatic nitrogens is 2. The Morgan fingerprint density at radius 1 is 1.07 bits per heavy atom. The van der Waals surface area contributed by atoms with Gasteiger partial charge in [0.25, 0.3) is 5.91 Å². The van der Waals surface area contributed by atoms with E-state index in [1.54, 1.807) is 0 Å². The lowest BCUT2D eigenvalue weighted by molar-refractivity contribution is 0.0747. The minimum Gasteiger partial charge on any atom is -0.416 e. The molecule has 2 aromatic carbocycles. The van der Waals surface area contributed by atoms with Gasteiger partial charge in [-0.2, -0.15) is 0 Å². The van der Waals surface area contributed by atoms with E-state index in [2.05, 4.69) is 17.1 Å². The Bertz CT molecular complexity index is 958.